The molecule has 0 bridgehead atoms. The molecular weight excluding hydrogens is 289 g/mol. The number of halogens is 1. The normalized spacial score (nSPS) is 22.3. The zero-order valence-electron chi connectivity index (χ0n) is 12.7. The van der Waals surface area contributed by atoms with Gasteiger partial charge in [-0.2, -0.15) is 0 Å². The maximum Gasteiger partial charge on any atom is 0.151 e. The fourth-order valence-electron chi connectivity index (χ4n) is 3.01. The maximum atomic E-state index is 14.0. The van der Waals surface area contributed by atoms with Crippen LogP contribution in [0.3, 0.4) is 0 Å². The number of rotatable bonds is 2. The van der Waals surface area contributed by atoms with Gasteiger partial charge in [-0.3, -0.25) is 0 Å². The van der Waals surface area contributed by atoms with E-state index in [0.717, 1.165) is 35.5 Å². The minimum atomic E-state index is -0.0590. The lowest BCUT2D eigenvalue weighted by atomic mass is 10.00. The lowest BCUT2D eigenvalue weighted by molar-refractivity contribution is 0.592. The van der Waals surface area contributed by atoms with Crippen LogP contribution in [0.2, 0.25) is 0 Å². The van der Waals surface area contributed by atoms with Gasteiger partial charge >= 0.3 is 0 Å². The van der Waals surface area contributed by atoms with Gasteiger partial charge in [0.1, 0.15) is 12.0 Å². The number of nitrogens with zero attached hydrogens (tertiary/aromatic N) is 1. The zero-order valence-corrected chi connectivity index (χ0v) is 12.7. The Labute approximate surface area is 135 Å². The van der Waals surface area contributed by atoms with Crippen LogP contribution in [0.5, 0.6) is 0 Å². The first-order valence-electron chi connectivity index (χ1n) is 7.93. The van der Waals surface area contributed by atoms with Gasteiger partial charge in [0.2, 0.25) is 0 Å². The Kier molecular flexibility index (Phi) is 3.58. The molecule has 1 unspecified atom stereocenters. The van der Waals surface area contributed by atoms with Gasteiger partial charge in [-0.1, -0.05) is 42.5 Å². The average Bonchev–Trinajstić information content (AvgIpc) is 2.80. The molecule has 1 aliphatic heterocycles. The largest absolute Gasteiger partial charge is 0.359 e. The highest BCUT2D eigenvalue weighted by molar-refractivity contribution is 5.82. The predicted octanol–water partition coefficient (Wildman–Crippen LogP) is 4.72. The molecule has 116 valence electrons. The summed E-state index contributed by atoms with van der Waals surface area (Å²) in [7, 11) is 0. The monoisotopic (exact) mass is 307 g/mol. The quantitative estimate of drug-likeness (QED) is 0.830. The van der Waals surface area contributed by atoms with E-state index in [9.17, 15) is 4.39 Å². The van der Waals surface area contributed by atoms with Crippen LogP contribution in [-0.4, -0.2) is 11.1 Å². The summed E-state index contributed by atoms with van der Waals surface area (Å²) in [5.41, 5.74) is 3.53. The predicted molar refractivity (Wildman–Crippen MR) is 92.7 cm³/mol. The molecule has 0 radical (unpaired) electrons. The zero-order chi connectivity index (χ0) is 15.6. The highest BCUT2D eigenvalue weighted by Crippen LogP contribution is 2.35. The van der Waals surface area contributed by atoms with E-state index in [4.69, 9.17) is 0 Å². The lowest BCUT2D eigenvalue weighted by Gasteiger charge is -2.12. The first-order valence-corrected chi connectivity index (χ1v) is 7.93. The molecule has 0 amide bonds. The highest BCUT2D eigenvalue weighted by Gasteiger charge is 2.24. The Bertz CT molecular complexity index is 784. The molecule has 4 rings (SSSR count). The molecule has 0 spiro atoms. The van der Waals surface area contributed by atoms with Crippen LogP contribution in [0.25, 0.3) is 5.57 Å². The third-order valence-corrected chi connectivity index (χ3v) is 4.23. The van der Waals surface area contributed by atoms with E-state index in [0.29, 0.717) is 12.0 Å². The SMILES string of the molecule is FC1=C(c2cnc3c(c2)NC(C2=CC=CCC=C2)N3)C=CCC1. The van der Waals surface area contributed by atoms with E-state index in [1.165, 1.54) is 0 Å². The highest BCUT2D eigenvalue weighted by atomic mass is 19.1. The lowest BCUT2D eigenvalue weighted by Crippen LogP contribution is -2.23. The molecule has 2 N–H and O–H groups in total. The van der Waals surface area contributed by atoms with Crippen molar-refractivity contribution in [1.29, 1.82) is 0 Å². The Morgan fingerprint density at radius 3 is 3.00 bits per heavy atom. The molecule has 0 fully saturated rings. The van der Waals surface area contributed by atoms with Crippen LogP contribution in [0.1, 0.15) is 24.8 Å². The maximum absolute atomic E-state index is 14.0. The molecular formula is C19H18FN3. The standard InChI is InChI=1S/C19H18FN3/c20-16-10-6-5-9-15(16)14-11-17-19(21-12-14)23-18(22-17)13-7-3-1-2-4-8-13/h1,3-5,7-9,11-12,18,22H,2,6,10H2,(H,21,23). The number of allylic oxidation sites excluding steroid dienone is 8. The van der Waals surface area contributed by atoms with E-state index in [-0.39, 0.29) is 12.0 Å². The van der Waals surface area contributed by atoms with Gasteiger partial charge in [0, 0.05) is 23.8 Å². The first-order chi connectivity index (χ1) is 11.3. The van der Waals surface area contributed by atoms with E-state index in [2.05, 4.69) is 46.0 Å². The van der Waals surface area contributed by atoms with Crippen molar-refractivity contribution < 1.29 is 4.39 Å². The van der Waals surface area contributed by atoms with Gasteiger partial charge in [0.05, 0.1) is 5.69 Å². The van der Waals surface area contributed by atoms with Crippen LogP contribution >= 0.6 is 0 Å². The summed E-state index contributed by atoms with van der Waals surface area (Å²) in [6, 6.07) is 1.97. The number of hydrogen-bond acceptors (Lipinski definition) is 3. The van der Waals surface area contributed by atoms with Crippen LogP contribution in [-0.2, 0) is 0 Å². The summed E-state index contributed by atoms with van der Waals surface area (Å²) in [6.45, 7) is 0. The summed E-state index contributed by atoms with van der Waals surface area (Å²) in [6.07, 6.45) is 18.3. The van der Waals surface area contributed by atoms with Gasteiger partial charge < -0.3 is 10.6 Å². The number of nitrogens with one attached hydrogen (secondary N) is 2. The summed E-state index contributed by atoms with van der Waals surface area (Å²) in [5.74, 6) is 0.748. The summed E-state index contributed by atoms with van der Waals surface area (Å²) in [4.78, 5) is 4.46. The Morgan fingerprint density at radius 1 is 1.13 bits per heavy atom. The molecule has 1 atom stereocenters. The van der Waals surface area contributed by atoms with E-state index in [1.807, 2.05) is 18.2 Å². The third kappa shape index (κ3) is 2.72. The number of aromatic nitrogens is 1. The second-order valence-electron chi connectivity index (χ2n) is 5.83. The molecule has 23 heavy (non-hydrogen) atoms. The van der Waals surface area contributed by atoms with Crippen LogP contribution < -0.4 is 10.6 Å². The average molecular weight is 307 g/mol. The first kappa shape index (κ1) is 14.0. The second kappa shape index (κ2) is 5.88. The molecule has 3 nitrogen and oxygen atoms in total. The van der Waals surface area contributed by atoms with Gasteiger partial charge in [0.15, 0.2) is 5.82 Å². The molecule has 1 aromatic rings. The molecule has 2 aliphatic carbocycles. The van der Waals surface area contributed by atoms with Gasteiger partial charge in [-0.25, -0.2) is 9.37 Å². The van der Waals surface area contributed by atoms with E-state index < -0.39 is 0 Å². The fourth-order valence-corrected chi connectivity index (χ4v) is 3.01. The minimum Gasteiger partial charge on any atom is -0.359 e. The number of pyridine rings is 1. The Morgan fingerprint density at radius 2 is 2.09 bits per heavy atom. The Balaban J connectivity index is 1.61. The minimum absolute atomic E-state index is 0.00697. The van der Waals surface area contributed by atoms with Crippen molar-refractivity contribution in [3.8, 4) is 0 Å². The van der Waals surface area contributed by atoms with E-state index >= 15 is 0 Å². The smallest absolute Gasteiger partial charge is 0.151 e. The second-order valence-corrected chi connectivity index (χ2v) is 5.83. The van der Waals surface area contributed by atoms with Gasteiger partial charge in [0.25, 0.3) is 0 Å². The molecule has 2 heterocycles. The molecule has 1 aromatic heterocycles. The molecule has 3 aliphatic rings. The third-order valence-electron chi connectivity index (χ3n) is 4.23. The number of hydrogen-bond donors (Lipinski definition) is 2. The topological polar surface area (TPSA) is 37.0 Å². The van der Waals surface area contributed by atoms with Crippen LogP contribution in [0.15, 0.2) is 66.2 Å². The van der Waals surface area contributed by atoms with Crippen molar-refractivity contribution in [1.82, 2.24) is 4.98 Å². The van der Waals surface area contributed by atoms with Crippen molar-refractivity contribution >= 4 is 17.1 Å². The van der Waals surface area contributed by atoms with Gasteiger partial charge in [-0.15, -0.1) is 0 Å². The van der Waals surface area contributed by atoms with Crippen LogP contribution in [0.4, 0.5) is 15.9 Å². The number of fused-ring (bicyclic) bond motifs is 1. The molecule has 0 saturated carbocycles. The van der Waals surface area contributed by atoms with E-state index in [1.54, 1.807) is 6.20 Å². The van der Waals surface area contributed by atoms with Gasteiger partial charge in [-0.05, 0) is 24.5 Å². The fraction of sp³-hybridized carbons (Fsp3) is 0.211. The van der Waals surface area contributed by atoms with Crippen molar-refractivity contribution in [2.24, 2.45) is 0 Å². The van der Waals surface area contributed by atoms with Crippen molar-refractivity contribution in [3.05, 3.63) is 71.8 Å². The summed E-state index contributed by atoms with van der Waals surface area (Å²) >= 11 is 0. The molecule has 0 aromatic carbocycles. The number of anilines is 2. The van der Waals surface area contributed by atoms with Crippen LogP contribution in [0, 0.1) is 0 Å². The summed E-state index contributed by atoms with van der Waals surface area (Å²) < 4.78 is 14.0. The molecule has 4 heteroatoms. The van der Waals surface area contributed by atoms with Crippen molar-refractivity contribution in [2.75, 3.05) is 10.6 Å². The van der Waals surface area contributed by atoms with Crippen molar-refractivity contribution in [3.63, 3.8) is 0 Å². The summed E-state index contributed by atoms with van der Waals surface area (Å²) in [5, 5.41) is 6.80. The molecule has 0 saturated heterocycles. The van der Waals surface area contributed by atoms with Crippen molar-refractivity contribution in [2.45, 2.75) is 25.4 Å². The Hall–Kier alpha value is -2.62.